The van der Waals surface area contributed by atoms with E-state index in [0.29, 0.717) is 51.3 Å². The summed E-state index contributed by atoms with van der Waals surface area (Å²) in [6.07, 6.45) is 7.46. The van der Waals surface area contributed by atoms with Crippen molar-refractivity contribution in [3.05, 3.63) is 47.5 Å². The number of fused-ring (bicyclic) bond motifs is 1. The van der Waals surface area contributed by atoms with Gasteiger partial charge in [-0.1, -0.05) is 26.0 Å². The molecule has 5 N–H and O–H groups in total. The van der Waals surface area contributed by atoms with Gasteiger partial charge in [0.05, 0.1) is 57.1 Å². The highest BCUT2D eigenvalue weighted by molar-refractivity contribution is 6.18. The number of nitrogens with one attached hydrogen (secondary N) is 1. The van der Waals surface area contributed by atoms with Gasteiger partial charge in [-0.3, -0.25) is 14.7 Å². The molecule has 54 heavy (non-hydrogen) atoms. The highest BCUT2D eigenvalue weighted by Gasteiger charge is 2.60. The molecule has 2 saturated carbocycles. The lowest BCUT2D eigenvalue weighted by Gasteiger charge is -2.62. The number of carbonyl (C=O) groups excluding carboxylic acids is 3. The summed E-state index contributed by atoms with van der Waals surface area (Å²) in [5.41, 5.74) is 5.95. The number of rotatable bonds is 13. The molecule has 8 atom stereocenters. The topological polar surface area (TPSA) is 211 Å². The number of amidine groups is 1. The van der Waals surface area contributed by atoms with Gasteiger partial charge in [-0.2, -0.15) is 0 Å². The second-order valence-electron chi connectivity index (χ2n) is 15.5. The van der Waals surface area contributed by atoms with E-state index in [1.54, 1.807) is 20.1 Å². The average molecular weight is 748 g/mol. The summed E-state index contributed by atoms with van der Waals surface area (Å²) in [6, 6.07) is -1.53. The van der Waals surface area contributed by atoms with E-state index in [4.69, 9.17) is 26.5 Å². The van der Waals surface area contributed by atoms with E-state index in [1.807, 2.05) is 6.92 Å². The van der Waals surface area contributed by atoms with E-state index >= 15 is 0 Å². The van der Waals surface area contributed by atoms with Crippen LogP contribution in [0.25, 0.3) is 5.57 Å². The molecule has 6 rings (SSSR count). The Labute approximate surface area is 315 Å². The van der Waals surface area contributed by atoms with Gasteiger partial charge in [0.2, 0.25) is 5.95 Å². The molecule has 1 aromatic heterocycles. The number of esters is 2. The number of carbonyl (C=O) groups is 3. The van der Waals surface area contributed by atoms with Crippen LogP contribution in [0.3, 0.4) is 0 Å². The number of anilines is 1. The molecule has 5 aliphatic rings. The zero-order valence-corrected chi connectivity index (χ0v) is 31.6. The molecular weight excluding hydrogens is 694 g/mol. The maximum absolute atomic E-state index is 14.0. The fourth-order valence-corrected chi connectivity index (χ4v) is 9.28. The number of aliphatic hydroxyl groups excluding tert-OH is 2. The summed E-state index contributed by atoms with van der Waals surface area (Å²) < 4.78 is 16.9. The van der Waals surface area contributed by atoms with Crippen molar-refractivity contribution in [2.75, 3.05) is 51.8 Å². The van der Waals surface area contributed by atoms with Crippen LogP contribution in [0, 0.1) is 22.7 Å². The van der Waals surface area contributed by atoms with Crippen molar-refractivity contribution >= 4 is 41.3 Å². The lowest BCUT2D eigenvalue weighted by atomic mass is 9.45. The smallest absolute Gasteiger partial charge is 0.342 e. The van der Waals surface area contributed by atoms with E-state index in [9.17, 15) is 24.6 Å². The third-order valence-corrected chi connectivity index (χ3v) is 12.4. The molecule has 15 heteroatoms. The van der Waals surface area contributed by atoms with Crippen molar-refractivity contribution in [2.45, 2.75) is 84.0 Å². The van der Waals surface area contributed by atoms with Crippen LogP contribution in [0.1, 0.15) is 65.4 Å². The Morgan fingerprint density at radius 2 is 1.94 bits per heavy atom. The molecule has 15 nitrogen and oxygen atoms in total. The average Bonchev–Trinajstić information content (AvgIpc) is 3.81. The minimum Gasteiger partial charge on any atom is -0.462 e. The number of aromatic nitrogens is 2. The molecule has 0 aromatic carbocycles. The van der Waals surface area contributed by atoms with Gasteiger partial charge in [0.25, 0.3) is 0 Å². The van der Waals surface area contributed by atoms with Gasteiger partial charge < -0.3 is 35.5 Å². The number of aliphatic hydroxyl groups is 2. The van der Waals surface area contributed by atoms with E-state index in [2.05, 4.69) is 37.1 Å². The van der Waals surface area contributed by atoms with Gasteiger partial charge in [-0.15, -0.1) is 0 Å². The molecule has 1 aromatic rings. The van der Waals surface area contributed by atoms with Crippen LogP contribution in [-0.4, -0.2) is 125 Å². The lowest BCUT2D eigenvalue weighted by Crippen LogP contribution is -2.62. The molecule has 3 aliphatic heterocycles. The summed E-state index contributed by atoms with van der Waals surface area (Å²) in [5.74, 6) is -1.46. The summed E-state index contributed by atoms with van der Waals surface area (Å²) in [5, 5.41) is 25.7. The number of allylic oxidation sites excluding steroid dienone is 1. The van der Waals surface area contributed by atoms with Crippen LogP contribution in [0.5, 0.6) is 0 Å². The van der Waals surface area contributed by atoms with Crippen LogP contribution in [0.2, 0.25) is 0 Å². The van der Waals surface area contributed by atoms with E-state index in [1.165, 1.54) is 18.5 Å². The van der Waals surface area contributed by atoms with E-state index in [0.717, 1.165) is 18.7 Å². The standard InChI is InChI=1S/C39H53N7O8/c1-6-53-36(51)34(24-19-43-37(40)44-20-24)30-15-25(35(50)54-30)27(45-23(3)29(48)18-33-41-9-10-42-33)16-26-22(2)28(46-11-13-52-14-12-46)17-31-38(26,4)8-7-32(49)39(31,5)21-47/h9,15,19-20,23,26-28,31-32,45,47,49H,2,6-8,10-14,16-18,21H2,1,3-5H3,(H2,40,43,44)/b34-30-/t23?,26?,27?,28?,31?,32-,38-,39+/m1/s1. The minimum atomic E-state index is -0.775. The van der Waals surface area contributed by atoms with Crippen molar-refractivity contribution in [3.8, 4) is 0 Å². The van der Waals surface area contributed by atoms with Gasteiger partial charge in [0.1, 0.15) is 17.2 Å². The summed E-state index contributed by atoms with van der Waals surface area (Å²) in [6.45, 7) is 15.3. The summed E-state index contributed by atoms with van der Waals surface area (Å²) in [4.78, 5) is 59.9. The van der Waals surface area contributed by atoms with E-state index in [-0.39, 0.29) is 71.7 Å². The number of hydrogen-bond acceptors (Lipinski definition) is 15. The van der Waals surface area contributed by atoms with Crippen molar-refractivity contribution < 1.29 is 38.8 Å². The molecule has 0 amide bonds. The van der Waals surface area contributed by atoms with Gasteiger partial charge in [-0.25, -0.2) is 24.5 Å². The first-order valence-electron chi connectivity index (χ1n) is 18.9. The Bertz CT molecular complexity index is 1750. The van der Waals surface area contributed by atoms with Crippen LogP contribution < -0.4 is 11.1 Å². The maximum Gasteiger partial charge on any atom is 0.342 e. The number of Topliss-reactive ketones (excluding diaryl/α,β-unsaturated/α-hetero) is 1. The first kappa shape index (κ1) is 39.5. The van der Waals surface area contributed by atoms with Crippen molar-refractivity contribution in [2.24, 2.45) is 32.7 Å². The molecule has 1 saturated heterocycles. The molecule has 0 radical (unpaired) electrons. The number of ether oxygens (including phenoxy) is 3. The fourth-order valence-electron chi connectivity index (χ4n) is 9.28. The van der Waals surface area contributed by atoms with Gasteiger partial charge >= 0.3 is 11.9 Å². The molecule has 0 spiro atoms. The van der Waals surface area contributed by atoms with Gasteiger partial charge in [0.15, 0.2) is 5.78 Å². The summed E-state index contributed by atoms with van der Waals surface area (Å²) in [7, 11) is 0. The molecular formula is C39H53N7O8. The summed E-state index contributed by atoms with van der Waals surface area (Å²) >= 11 is 0. The molecule has 3 fully saturated rings. The number of hydrogen-bond donors (Lipinski definition) is 4. The van der Waals surface area contributed by atoms with Crippen LogP contribution >= 0.6 is 0 Å². The minimum absolute atomic E-state index is 0.00575. The molecule has 5 unspecified atom stereocenters. The highest BCUT2D eigenvalue weighted by Crippen LogP contribution is 2.62. The number of aliphatic imine (C=N–C) groups is 2. The molecule has 0 bridgehead atoms. The molecule has 2 aliphatic carbocycles. The predicted octanol–water partition coefficient (Wildman–Crippen LogP) is 2.05. The first-order chi connectivity index (χ1) is 25.8. The Morgan fingerprint density at radius 3 is 2.59 bits per heavy atom. The number of ketones is 1. The third kappa shape index (κ3) is 7.69. The van der Waals surface area contributed by atoms with Crippen LogP contribution in [-0.2, 0) is 28.6 Å². The second-order valence-corrected chi connectivity index (χ2v) is 15.5. The number of nitrogen functional groups attached to an aromatic ring is 1. The van der Waals surface area contributed by atoms with Crippen molar-refractivity contribution in [1.29, 1.82) is 0 Å². The number of nitrogens with two attached hydrogens (primary N) is 1. The Kier molecular flexibility index (Phi) is 11.9. The van der Waals surface area contributed by atoms with Crippen molar-refractivity contribution in [1.82, 2.24) is 20.2 Å². The SMILES string of the molecule is C=C1C(N2CCOCC2)CC2[C@](C)(CC[C@@H](O)[C@@]2(C)CO)C1CC(NC(C)C(=O)CC1=NCC=N1)C1=C/C(=C(/C(=O)OCC)c2cnc(N)nc2)OC1=O. The maximum atomic E-state index is 14.0. The third-order valence-electron chi connectivity index (χ3n) is 12.4. The Balaban J connectivity index is 1.43. The number of nitrogens with zero attached hydrogens (tertiary/aromatic N) is 5. The zero-order valence-electron chi connectivity index (χ0n) is 31.6. The lowest BCUT2D eigenvalue weighted by molar-refractivity contribution is -0.163. The van der Waals surface area contributed by atoms with E-state index < -0.39 is 41.0 Å². The Hall–Kier alpha value is -4.15. The monoisotopic (exact) mass is 747 g/mol. The largest absolute Gasteiger partial charge is 0.462 e. The normalized spacial score (nSPS) is 32.0. The highest BCUT2D eigenvalue weighted by atomic mass is 16.6. The zero-order chi connectivity index (χ0) is 38.8. The predicted molar refractivity (Wildman–Crippen MR) is 201 cm³/mol. The second kappa shape index (κ2) is 16.3. The first-order valence-corrected chi connectivity index (χ1v) is 18.9. The number of cyclic esters (lactones) is 1. The fraction of sp³-hybridized carbons (Fsp3) is 0.615. The molecule has 4 heterocycles. The van der Waals surface area contributed by atoms with Crippen molar-refractivity contribution in [3.63, 3.8) is 0 Å². The van der Waals surface area contributed by atoms with Crippen LogP contribution in [0.15, 0.2) is 51.9 Å². The van der Waals surface area contributed by atoms with Crippen LogP contribution in [0.4, 0.5) is 5.95 Å². The molecule has 292 valence electrons. The Morgan fingerprint density at radius 1 is 1.22 bits per heavy atom. The quantitative estimate of drug-likeness (QED) is 0.130. The van der Waals surface area contributed by atoms with Gasteiger partial charge in [-0.05, 0) is 62.9 Å². The number of morpholine rings is 1. The van der Waals surface area contributed by atoms with Gasteiger partial charge in [0, 0.05) is 54.8 Å².